The van der Waals surface area contributed by atoms with Crippen LogP contribution in [0.4, 0.5) is 0 Å². The Hall–Kier alpha value is -2.90. The van der Waals surface area contributed by atoms with Gasteiger partial charge in [-0.25, -0.2) is 0 Å². The van der Waals surface area contributed by atoms with Gasteiger partial charge in [0.15, 0.2) is 11.5 Å². The first-order chi connectivity index (χ1) is 14.7. The van der Waals surface area contributed by atoms with Gasteiger partial charge in [0.05, 0.1) is 19.0 Å². The minimum atomic E-state index is -0.342. The molecule has 1 atom stereocenters. The third-order valence-corrected chi connectivity index (χ3v) is 6.09. The van der Waals surface area contributed by atoms with Crippen LogP contribution in [-0.2, 0) is 22.7 Å². The third-order valence-electron chi connectivity index (χ3n) is 6.09. The smallest absolute Gasteiger partial charge is 0.247 e. The fourth-order valence-electron chi connectivity index (χ4n) is 4.41. The molecule has 2 aromatic rings. The van der Waals surface area contributed by atoms with Gasteiger partial charge in [-0.3, -0.25) is 24.3 Å². The lowest BCUT2D eigenvalue weighted by atomic mass is 10.1. The normalized spacial score (nSPS) is 22.1. The second-order valence-electron chi connectivity index (χ2n) is 8.02. The second-order valence-corrected chi connectivity index (χ2v) is 8.02. The van der Waals surface area contributed by atoms with E-state index in [4.69, 9.17) is 9.47 Å². The number of rotatable bonds is 5. The van der Waals surface area contributed by atoms with Gasteiger partial charge in [-0.15, -0.1) is 0 Å². The topological polar surface area (TPSA) is 62.3 Å². The van der Waals surface area contributed by atoms with Crippen molar-refractivity contribution in [2.24, 2.45) is 0 Å². The molecule has 7 heteroatoms. The van der Waals surface area contributed by atoms with Crippen LogP contribution in [0.1, 0.15) is 17.5 Å². The van der Waals surface area contributed by atoms with Crippen LogP contribution in [-0.4, -0.2) is 65.5 Å². The quantitative estimate of drug-likeness (QED) is 0.705. The Balaban J connectivity index is 1.19. The van der Waals surface area contributed by atoms with Crippen LogP contribution >= 0.6 is 0 Å². The molecule has 2 saturated heterocycles. The van der Waals surface area contributed by atoms with Crippen LogP contribution in [0, 0.1) is 0 Å². The summed E-state index contributed by atoms with van der Waals surface area (Å²) in [4.78, 5) is 31.6. The van der Waals surface area contributed by atoms with Gasteiger partial charge in [0.2, 0.25) is 18.6 Å². The molecule has 0 spiro atoms. The van der Waals surface area contributed by atoms with Crippen molar-refractivity contribution in [1.29, 1.82) is 0 Å². The molecular formula is C23H25N3O4. The first-order valence-corrected chi connectivity index (χ1v) is 10.4. The summed E-state index contributed by atoms with van der Waals surface area (Å²) >= 11 is 0. The highest BCUT2D eigenvalue weighted by Gasteiger charge is 2.42. The van der Waals surface area contributed by atoms with Crippen molar-refractivity contribution in [3.05, 3.63) is 59.7 Å². The number of hydrogen-bond donors (Lipinski definition) is 0. The van der Waals surface area contributed by atoms with E-state index in [0.29, 0.717) is 11.5 Å². The largest absolute Gasteiger partial charge is 0.454 e. The number of imide groups is 1. The molecule has 2 fully saturated rings. The molecule has 0 N–H and O–H groups in total. The van der Waals surface area contributed by atoms with E-state index in [2.05, 4.69) is 34.1 Å². The highest BCUT2D eigenvalue weighted by atomic mass is 16.7. The number of carbonyl (C=O) groups excluding carboxylic acids is 2. The number of amides is 2. The molecule has 2 amide bonds. The molecule has 3 heterocycles. The number of ether oxygens (including phenoxy) is 2. The lowest BCUT2D eigenvalue weighted by Crippen LogP contribution is -2.52. The molecular weight excluding hydrogens is 382 g/mol. The van der Waals surface area contributed by atoms with Crippen LogP contribution in [0.25, 0.3) is 0 Å². The van der Waals surface area contributed by atoms with Crippen molar-refractivity contribution in [1.82, 2.24) is 14.7 Å². The van der Waals surface area contributed by atoms with Crippen molar-refractivity contribution >= 4 is 11.8 Å². The molecule has 3 aliphatic heterocycles. The fourth-order valence-corrected chi connectivity index (χ4v) is 4.41. The van der Waals surface area contributed by atoms with Crippen LogP contribution in [0.2, 0.25) is 0 Å². The van der Waals surface area contributed by atoms with E-state index in [9.17, 15) is 9.59 Å². The van der Waals surface area contributed by atoms with Gasteiger partial charge in [0.1, 0.15) is 0 Å². The van der Waals surface area contributed by atoms with Gasteiger partial charge in [-0.1, -0.05) is 36.4 Å². The van der Waals surface area contributed by atoms with Gasteiger partial charge in [-0.2, -0.15) is 0 Å². The summed E-state index contributed by atoms with van der Waals surface area (Å²) in [7, 11) is 0. The number of benzene rings is 2. The van der Waals surface area contributed by atoms with E-state index in [-0.39, 0.29) is 37.6 Å². The van der Waals surface area contributed by atoms with Gasteiger partial charge < -0.3 is 9.47 Å². The van der Waals surface area contributed by atoms with Crippen LogP contribution in [0.15, 0.2) is 48.5 Å². The predicted molar refractivity (Wildman–Crippen MR) is 110 cm³/mol. The van der Waals surface area contributed by atoms with Crippen molar-refractivity contribution in [2.45, 2.75) is 25.6 Å². The zero-order valence-electron chi connectivity index (χ0n) is 16.8. The fraction of sp³-hybridized carbons (Fsp3) is 0.391. The van der Waals surface area contributed by atoms with Crippen molar-refractivity contribution < 1.29 is 19.1 Å². The maximum atomic E-state index is 13.0. The summed E-state index contributed by atoms with van der Waals surface area (Å²) in [6.45, 7) is 4.80. The van der Waals surface area contributed by atoms with E-state index < -0.39 is 0 Å². The Morgan fingerprint density at radius 3 is 2.40 bits per heavy atom. The highest BCUT2D eigenvalue weighted by molar-refractivity contribution is 6.05. The third kappa shape index (κ3) is 3.78. The van der Waals surface area contributed by atoms with Gasteiger partial charge in [-0.05, 0) is 23.3 Å². The molecule has 5 rings (SSSR count). The first kappa shape index (κ1) is 19.1. The minimum Gasteiger partial charge on any atom is -0.454 e. The predicted octanol–water partition coefficient (Wildman–Crippen LogP) is 1.86. The molecule has 0 unspecified atom stereocenters. The number of fused-ring (bicyclic) bond motifs is 1. The molecule has 30 heavy (non-hydrogen) atoms. The minimum absolute atomic E-state index is 0.0887. The number of nitrogens with zero attached hydrogens (tertiary/aromatic N) is 3. The lowest BCUT2D eigenvalue weighted by molar-refractivity contribution is -0.140. The van der Waals surface area contributed by atoms with Gasteiger partial charge in [0, 0.05) is 32.7 Å². The zero-order valence-corrected chi connectivity index (χ0v) is 16.8. The lowest BCUT2D eigenvalue weighted by Gasteiger charge is -2.37. The monoisotopic (exact) mass is 407 g/mol. The maximum absolute atomic E-state index is 13.0. The molecule has 0 bridgehead atoms. The maximum Gasteiger partial charge on any atom is 0.247 e. The highest BCUT2D eigenvalue weighted by Crippen LogP contribution is 2.33. The Labute approximate surface area is 175 Å². The average Bonchev–Trinajstić information content (AvgIpc) is 3.34. The van der Waals surface area contributed by atoms with Crippen LogP contribution < -0.4 is 9.47 Å². The van der Waals surface area contributed by atoms with Crippen molar-refractivity contribution in [3.63, 3.8) is 0 Å². The average molecular weight is 407 g/mol. The van der Waals surface area contributed by atoms with Crippen LogP contribution in [0.5, 0.6) is 11.5 Å². The molecule has 0 aliphatic carbocycles. The zero-order chi connectivity index (χ0) is 20.5. The molecule has 3 aliphatic rings. The standard InChI is InChI=1S/C23H25N3O4/c27-22-13-19(25-10-8-24(9-11-25)14-17-4-2-1-3-5-17)23(28)26(22)15-18-6-7-20-21(12-18)30-16-29-20/h1-7,12,19H,8-11,13-16H2/t19-/m0/s1. The molecule has 156 valence electrons. The number of piperazine rings is 1. The Morgan fingerprint density at radius 1 is 0.833 bits per heavy atom. The number of hydrogen-bond acceptors (Lipinski definition) is 6. The Bertz CT molecular complexity index is 941. The van der Waals surface area contributed by atoms with E-state index in [1.54, 1.807) is 0 Å². The van der Waals surface area contributed by atoms with Crippen molar-refractivity contribution in [3.8, 4) is 11.5 Å². The van der Waals surface area contributed by atoms with Crippen molar-refractivity contribution in [2.75, 3.05) is 33.0 Å². The SMILES string of the molecule is O=C1C[C@H](N2CCN(Cc3ccccc3)CC2)C(=O)N1Cc1ccc2c(c1)OCO2. The second kappa shape index (κ2) is 8.08. The van der Waals surface area contributed by atoms with E-state index >= 15 is 0 Å². The summed E-state index contributed by atoms with van der Waals surface area (Å²) in [5.41, 5.74) is 2.17. The first-order valence-electron chi connectivity index (χ1n) is 10.4. The summed E-state index contributed by atoms with van der Waals surface area (Å²) in [5, 5.41) is 0. The Kier molecular flexibility index (Phi) is 5.14. The van der Waals surface area contributed by atoms with Gasteiger partial charge in [0.25, 0.3) is 0 Å². The molecule has 2 aromatic carbocycles. The number of carbonyl (C=O) groups is 2. The molecule has 0 radical (unpaired) electrons. The summed E-state index contributed by atoms with van der Waals surface area (Å²) in [5.74, 6) is 1.17. The summed E-state index contributed by atoms with van der Waals surface area (Å²) in [6.07, 6.45) is 0.266. The molecule has 7 nitrogen and oxygen atoms in total. The van der Waals surface area contributed by atoms with E-state index in [1.807, 2.05) is 24.3 Å². The van der Waals surface area contributed by atoms with E-state index in [0.717, 1.165) is 38.3 Å². The number of likely N-dealkylation sites (tertiary alicyclic amines) is 1. The van der Waals surface area contributed by atoms with E-state index in [1.165, 1.54) is 10.5 Å². The molecule has 0 aromatic heterocycles. The molecule has 0 saturated carbocycles. The van der Waals surface area contributed by atoms with Crippen LogP contribution in [0.3, 0.4) is 0 Å². The van der Waals surface area contributed by atoms with Gasteiger partial charge >= 0.3 is 0 Å². The summed E-state index contributed by atoms with van der Waals surface area (Å²) in [6, 6.07) is 15.6. The Morgan fingerprint density at radius 2 is 1.60 bits per heavy atom. The summed E-state index contributed by atoms with van der Waals surface area (Å²) < 4.78 is 10.7.